The molecule has 0 aliphatic rings. The molecule has 0 atom stereocenters. The number of hydrogen-bond acceptors (Lipinski definition) is 3. The second-order valence-electron chi connectivity index (χ2n) is 4.99. The van der Waals surface area contributed by atoms with Crippen LogP contribution in [-0.4, -0.2) is 23.1 Å². The summed E-state index contributed by atoms with van der Waals surface area (Å²) in [6.45, 7) is 6.56. The van der Waals surface area contributed by atoms with Crippen molar-refractivity contribution in [2.45, 2.75) is 26.4 Å². The molecule has 0 radical (unpaired) electrons. The molecule has 122 valence electrons. The molecule has 1 aromatic heterocycles. The first-order valence-electron chi connectivity index (χ1n) is 7.38. The van der Waals surface area contributed by atoms with Crippen molar-refractivity contribution in [3.8, 4) is 0 Å². The van der Waals surface area contributed by atoms with Crippen LogP contribution in [0.25, 0.3) is 10.9 Å². The predicted molar refractivity (Wildman–Crippen MR) is 92.9 cm³/mol. The molecular weight excluding hydrogens is 360 g/mol. The van der Waals surface area contributed by atoms with Gasteiger partial charge in [-0.1, -0.05) is 22.5 Å². The van der Waals surface area contributed by atoms with Crippen LogP contribution in [0.3, 0.4) is 0 Å². The van der Waals surface area contributed by atoms with Crippen molar-refractivity contribution in [2.75, 3.05) is 6.61 Å². The smallest absolute Gasteiger partial charge is 0.307 e. The fourth-order valence-corrected chi connectivity index (χ4v) is 2.73. The summed E-state index contributed by atoms with van der Waals surface area (Å²) in [7, 11) is 0. The first kappa shape index (κ1) is 17.3. The fraction of sp³-hybridized carbons (Fsp3) is 0.294. The van der Waals surface area contributed by atoms with Crippen LogP contribution in [-0.2, 0) is 27.4 Å². The fourth-order valence-electron chi connectivity index (χ4n) is 2.37. The third-order valence-electron chi connectivity index (χ3n) is 3.43. The Morgan fingerprint density at radius 3 is 2.91 bits per heavy atom. The van der Waals surface area contributed by atoms with E-state index >= 15 is 0 Å². The second kappa shape index (κ2) is 7.97. The minimum atomic E-state index is -0.215. The highest BCUT2D eigenvalue weighted by Crippen LogP contribution is 2.25. The summed E-state index contributed by atoms with van der Waals surface area (Å²) in [6.07, 6.45) is 3.52. The molecule has 1 N–H and O–H groups in total. The lowest BCUT2D eigenvalue weighted by Crippen LogP contribution is -2.19. The Hall–Kier alpha value is -2.08. The molecule has 1 amide bonds. The van der Waals surface area contributed by atoms with Gasteiger partial charge in [0, 0.05) is 34.7 Å². The van der Waals surface area contributed by atoms with Crippen molar-refractivity contribution >= 4 is 38.7 Å². The summed E-state index contributed by atoms with van der Waals surface area (Å²) in [5, 5.41) is 3.82. The third-order valence-corrected chi connectivity index (χ3v) is 3.92. The number of nitrogens with one attached hydrogen (secondary N) is 1. The van der Waals surface area contributed by atoms with Gasteiger partial charge in [-0.15, -0.1) is 0 Å². The van der Waals surface area contributed by atoms with Gasteiger partial charge in [0.15, 0.2) is 0 Å². The molecule has 0 fully saturated rings. The van der Waals surface area contributed by atoms with Crippen LogP contribution in [0, 0.1) is 0 Å². The zero-order chi connectivity index (χ0) is 16.8. The quantitative estimate of drug-likeness (QED) is 0.594. The maximum Gasteiger partial charge on any atom is 0.307 e. The average Bonchev–Trinajstić information content (AvgIpc) is 2.88. The average molecular weight is 379 g/mol. The van der Waals surface area contributed by atoms with Crippen LogP contribution in [0.4, 0.5) is 0 Å². The van der Waals surface area contributed by atoms with Gasteiger partial charge < -0.3 is 14.6 Å². The Labute approximate surface area is 143 Å². The highest BCUT2D eigenvalue weighted by Gasteiger charge is 2.11. The maximum absolute atomic E-state index is 11.6. The molecule has 0 spiro atoms. The van der Waals surface area contributed by atoms with Crippen molar-refractivity contribution < 1.29 is 14.3 Å². The molecule has 23 heavy (non-hydrogen) atoms. The van der Waals surface area contributed by atoms with Crippen LogP contribution in [0.1, 0.15) is 18.9 Å². The number of benzene rings is 1. The van der Waals surface area contributed by atoms with E-state index in [1.807, 2.05) is 29.0 Å². The highest BCUT2D eigenvalue weighted by atomic mass is 79.9. The molecule has 6 heteroatoms. The number of rotatable bonds is 7. The molecule has 0 aliphatic carbocycles. The normalized spacial score (nSPS) is 10.5. The van der Waals surface area contributed by atoms with Gasteiger partial charge >= 0.3 is 5.97 Å². The van der Waals surface area contributed by atoms with E-state index in [1.165, 1.54) is 6.08 Å². The summed E-state index contributed by atoms with van der Waals surface area (Å²) in [4.78, 5) is 22.9. The van der Waals surface area contributed by atoms with E-state index in [1.54, 1.807) is 6.92 Å². The van der Waals surface area contributed by atoms with Crippen molar-refractivity contribution in [3.63, 3.8) is 0 Å². The number of hydrogen-bond donors (Lipinski definition) is 1. The minimum Gasteiger partial charge on any atom is -0.466 e. The van der Waals surface area contributed by atoms with Gasteiger partial charge in [-0.2, -0.15) is 0 Å². The van der Waals surface area contributed by atoms with Gasteiger partial charge in [0.2, 0.25) is 5.91 Å². The van der Waals surface area contributed by atoms with Crippen LogP contribution >= 0.6 is 15.9 Å². The number of esters is 1. The molecule has 0 aliphatic heterocycles. The summed E-state index contributed by atoms with van der Waals surface area (Å²) < 4.78 is 7.94. The van der Waals surface area contributed by atoms with Crippen LogP contribution < -0.4 is 5.32 Å². The molecule has 2 rings (SSSR count). The lowest BCUT2D eigenvalue weighted by molar-refractivity contribution is -0.143. The monoisotopic (exact) mass is 378 g/mol. The standard InChI is InChI=1S/C17H19BrN2O3/c1-3-16(21)19-10-12-11-20(8-7-17(22)23-4-2)15-6-5-13(18)9-14(12)15/h3,5-6,9,11H,1,4,7-8,10H2,2H3,(H,19,21). The van der Waals surface area contributed by atoms with Gasteiger partial charge in [-0.05, 0) is 36.8 Å². The molecule has 0 saturated heterocycles. The topological polar surface area (TPSA) is 60.3 Å². The summed E-state index contributed by atoms with van der Waals surface area (Å²) in [6, 6.07) is 5.95. The van der Waals surface area contributed by atoms with E-state index < -0.39 is 0 Å². The second-order valence-corrected chi connectivity index (χ2v) is 5.90. The predicted octanol–water partition coefficient (Wildman–Crippen LogP) is 3.16. The molecule has 1 heterocycles. The Morgan fingerprint density at radius 2 is 2.22 bits per heavy atom. The number of carbonyl (C=O) groups is 2. The Kier molecular flexibility index (Phi) is 5.98. The summed E-state index contributed by atoms with van der Waals surface area (Å²) in [5.41, 5.74) is 2.00. The van der Waals surface area contributed by atoms with Gasteiger partial charge in [-0.3, -0.25) is 9.59 Å². The summed E-state index contributed by atoms with van der Waals surface area (Å²) >= 11 is 3.47. The molecule has 0 saturated carbocycles. The van der Waals surface area contributed by atoms with Crippen molar-refractivity contribution in [1.29, 1.82) is 0 Å². The van der Waals surface area contributed by atoms with Crippen LogP contribution in [0.15, 0.2) is 41.5 Å². The van der Waals surface area contributed by atoms with E-state index in [9.17, 15) is 9.59 Å². The maximum atomic E-state index is 11.6. The number of halogens is 1. The van der Waals surface area contributed by atoms with Gasteiger partial charge in [0.1, 0.15) is 0 Å². The van der Waals surface area contributed by atoms with Gasteiger partial charge in [0.25, 0.3) is 0 Å². The molecule has 0 bridgehead atoms. The molecule has 1 aromatic carbocycles. The number of aryl methyl sites for hydroxylation is 1. The van der Waals surface area contributed by atoms with E-state index in [2.05, 4.69) is 27.8 Å². The lowest BCUT2D eigenvalue weighted by Gasteiger charge is -2.05. The van der Waals surface area contributed by atoms with E-state index in [0.717, 1.165) is 20.9 Å². The molecular formula is C17H19BrN2O3. The van der Waals surface area contributed by atoms with E-state index in [4.69, 9.17) is 4.74 Å². The van der Waals surface area contributed by atoms with E-state index in [0.29, 0.717) is 26.1 Å². The Balaban J connectivity index is 2.24. The number of ether oxygens (including phenoxy) is 1. The first-order chi connectivity index (χ1) is 11.0. The SMILES string of the molecule is C=CC(=O)NCc1cn(CCC(=O)OCC)c2ccc(Br)cc12. The largest absolute Gasteiger partial charge is 0.466 e. The number of amides is 1. The minimum absolute atomic E-state index is 0.215. The Morgan fingerprint density at radius 1 is 1.43 bits per heavy atom. The first-order valence-corrected chi connectivity index (χ1v) is 8.17. The zero-order valence-electron chi connectivity index (χ0n) is 13.0. The van der Waals surface area contributed by atoms with Crippen LogP contribution in [0.2, 0.25) is 0 Å². The third kappa shape index (κ3) is 4.45. The van der Waals surface area contributed by atoms with Gasteiger partial charge in [0.05, 0.1) is 13.0 Å². The number of nitrogens with zero attached hydrogens (tertiary/aromatic N) is 1. The van der Waals surface area contributed by atoms with Crippen molar-refractivity contribution in [1.82, 2.24) is 9.88 Å². The van der Waals surface area contributed by atoms with Crippen molar-refractivity contribution in [2.24, 2.45) is 0 Å². The lowest BCUT2D eigenvalue weighted by atomic mass is 10.2. The number of carbonyl (C=O) groups excluding carboxylic acids is 2. The number of fused-ring (bicyclic) bond motifs is 1. The summed E-state index contributed by atoms with van der Waals surface area (Å²) in [5.74, 6) is -0.430. The highest BCUT2D eigenvalue weighted by molar-refractivity contribution is 9.10. The molecule has 2 aromatic rings. The van der Waals surface area contributed by atoms with Crippen molar-refractivity contribution in [3.05, 3.63) is 47.1 Å². The van der Waals surface area contributed by atoms with Gasteiger partial charge in [-0.25, -0.2) is 0 Å². The van der Waals surface area contributed by atoms with E-state index in [-0.39, 0.29) is 11.9 Å². The Bertz CT molecular complexity index is 737. The molecule has 5 nitrogen and oxygen atoms in total. The zero-order valence-corrected chi connectivity index (χ0v) is 14.6. The number of aromatic nitrogens is 1. The molecule has 0 unspecified atom stereocenters. The van der Waals surface area contributed by atoms with Crippen LogP contribution in [0.5, 0.6) is 0 Å².